The summed E-state index contributed by atoms with van der Waals surface area (Å²) in [6.45, 7) is -0.190. The second-order valence-corrected chi connectivity index (χ2v) is 3.73. The van der Waals surface area contributed by atoms with Crippen LogP contribution in [0.1, 0.15) is 11.6 Å². The first kappa shape index (κ1) is 14.7. The van der Waals surface area contributed by atoms with Gasteiger partial charge in [-0.3, -0.25) is 0 Å². The maximum atomic E-state index is 12.2. The largest absolute Gasteiger partial charge is 0.497 e. The molecule has 0 radical (unpaired) electrons. The lowest BCUT2D eigenvalue weighted by Gasteiger charge is -2.18. The van der Waals surface area contributed by atoms with Gasteiger partial charge in [0.05, 0.1) is 20.8 Å². The third kappa shape index (κ3) is 4.12. The molecule has 0 bridgehead atoms. The van der Waals surface area contributed by atoms with Crippen LogP contribution < -0.4 is 20.5 Å². The molecule has 0 saturated carbocycles. The molecule has 4 nitrogen and oxygen atoms in total. The summed E-state index contributed by atoms with van der Waals surface area (Å²) in [5.74, 6) is 1.20. The van der Waals surface area contributed by atoms with Crippen LogP contribution in [-0.4, -0.2) is 33.7 Å². The molecule has 18 heavy (non-hydrogen) atoms. The van der Waals surface area contributed by atoms with Crippen LogP contribution in [-0.2, 0) is 0 Å². The first-order valence-corrected chi connectivity index (χ1v) is 5.55. The summed E-state index contributed by atoms with van der Waals surface area (Å²) in [4.78, 5) is 0. The molecular weight excluding hydrogens is 242 g/mol. The molecule has 1 aromatic rings. The fourth-order valence-corrected chi connectivity index (χ4v) is 1.60. The van der Waals surface area contributed by atoms with E-state index in [1.807, 2.05) is 0 Å². The molecule has 0 aliphatic carbocycles. The Kier molecular flexibility index (Phi) is 5.80. The number of nitrogens with two attached hydrogens (primary N) is 1. The lowest BCUT2D eigenvalue weighted by Crippen LogP contribution is -2.31. The van der Waals surface area contributed by atoms with Gasteiger partial charge in [0.15, 0.2) is 0 Å². The lowest BCUT2D eigenvalue weighted by atomic mass is 10.1. The summed E-state index contributed by atoms with van der Waals surface area (Å²) in [5.41, 5.74) is 6.34. The Bertz CT molecular complexity index is 353. The van der Waals surface area contributed by atoms with Gasteiger partial charge in [0.2, 0.25) is 0 Å². The van der Waals surface area contributed by atoms with Crippen LogP contribution in [0.15, 0.2) is 18.2 Å². The Hall–Kier alpha value is -1.40. The highest BCUT2D eigenvalue weighted by atomic mass is 19.3. The van der Waals surface area contributed by atoms with Crippen LogP contribution in [0.4, 0.5) is 8.78 Å². The number of hydrogen-bond acceptors (Lipinski definition) is 4. The summed E-state index contributed by atoms with van der Waals surface area (Å²) in [7, 11) is 3.06. The molecule has 0 fully saturated rings. The summed E-state index contributed by atoms with van der Waals surface area (Å²) in [6, 6.07) is 4.85. The summed E-state index contributed by atoms with van der Waals surface area (Å²) in [6.07, 6.45) is -2.41. The number of alkyl halides is 2. The second kappa shape index (κ2) is 7.13. The molecule has 102 valence electrons. The maximum absolute atomic E-state index is 12.2. The molecule has 0 aliphatic heterocycles. The van der Waals surface area contributed by atoms with Crippen molar-refractivity contribution in [2.24, 2.45) is 5.73 Å². The van der Waals surface area contributed by atoms with Crippen molar-refractivity contribution in [3.8, 4) is 11.5 Å². The standard InChI is InChI=1S/C12H18F2N2O2/c1-17-9-3-8(4-10(5-9)18-2)11(6-15)16-7-12(13)14/h3-5,11-12,16H,6-7,15H2,1-2H3. The van der Waals surface area contributed by atoms with Crippen LogP contribution in [0.3, 0.4) is 0 Å². The van der Waals surface area contributed by atoms with Crippen LogP contribution in [0.5, 0.6) is 11.5 Å². The maximum Gasteiger partial charge on any atom is 0.250 e. The highest BCUT2D eigenvalue weighted by Gasteiger charge is 2.14. The molecular formula is C12H18F2N2O2. The van der Waals surface area contributed by atoms with Crippen LogP contribution >= 0.6 is 0 Å². The molecule has 0 aromatic heterocycles. The molecule has 1 aromatic carbocycles. The van der Waals surface area contributed by atoms with Gasteiger partial charge in [-0.25, -0.2) is 8.78 Å². The van der Waals surface area contributed by atoms with Gasteiger partial charge in [0.1, 0.15) is 11.5 Å². The normalized spacial score (nSPS) is 12.6. The fourth-order valence-electron chi connectivity index (χ4n) is 1.60. The van der Waals surface area contributed by atoms with E-state index in [2.05, 4.69) is 5.32 Å². The van der Waals surface area contributed by atoms with E-state index in [4.69, 9.17) is 15.2 Å². The smallest absolute Gasteiger partial charge is 0.250 e. The Morgan fingerprint density at radius 2 is 1.72 bits per heavy atom. The first-order valence-electron chi connectivity index (χ1n) is 5.55. The van der Waals surface area contributed by atoms with E-state index in [1.165, 1.54) is 14.2 Å². The molecule has 0 amide bonds. The number of nitrogens with one attached hydrogen (secondary N) is 1. The molecule has 0 heterocycles. The molecule has 1 unspecified atom stereocenters. The monoisotopic (exact) mass is 260 g/mol. The molecule has 0 spiro atoms. The van der Waals surface area contributed by atoms with Crippen molar-refractivity contribution in [2.75, 3.05) is 27.3 Å². The van der Waals surface area contributed by atoms with Crippen molar-refractivity contribution in [3.63, 3.8) is 0 Å². The SMILES string of the molecule is COc1cc(OC)cc(C(CN)NCC(F)F)c1. The zero-order chi connectivity index (χ0) is 13.5. The Labute approximate surface area is 105 Å². The van der Waals surface area contributed by atoms with E-state index in [9.17, 15) is 8.78 Å². The van der Waals surface area contributed by atoms with Gasteiger partial charge in [-0.15, -0.1) is 0 Å². The van der Waals surface area contributed by atoms with Crippen molar-refractivity contribution in [3.05, 3.63) is 23.8 Å². The minimum Gasteiger partial charge on any atom is -0.497 e. The van der Waals surface area contributed by atoms with E-state index < -0.39 is 13.0 Å². The highest BCUT2D eigenvalue weighted by molar-refractivity contribution is 5.40. The number of ether oxygens (including phenoxy) is 2. The summed E-state index contributed by atoms with van der Waals surface area (Å²) in [5, 5.41) is 2.70. The Morgan fingerprint density at radius 1 is 1.17 bits per heavy atom. The third-order valence-corrected chi connectivity index (χ3v) is 2.53. The number of halogens is 2. The van der Waals surface area contributed by atoms with Gasteiger partial charge in [0.25, 0.3) is 6.43 Å². The number of benzene rings is 1. The molecule has 1 atom stereocenters. The minimum atomic E-state index is -2.41. The molecule has 3 N–H and O–H groups in total. The van der Waals surface area contributed by atoms with E-state index in [-0.39, 0.29) is 12.6 Å². The average molecular weight is 260 g/mol. The van der Waals surface area contributed by atoms with Gasteiger partial charge >= 0.3 is 0 Å². The predicted octanol–water partition coefficient (Wildman–Crippen LogP) is 1.56. The van der Waals surface area contributed by atoms with Crippen LogP contribution in [0.25, 0.3) is 0 Å². The topological polar surface area (TPSA) is 56.5 Å². The van der Waals surface area contributed by atoms with Gasteiger partial charge in [-0.2, -0.15) is 0 Å². The second-order valence-electron chi connectivity index (χ2n) is 3.73. The zero-order valence-corrected chi connectivity index (χ0v) is 10.5. The van der Waals surface area contributed by atoms with Crippen LogP contribution in [0.2, 0.25) is 0 Å². The average Bonchev–Trinajstić information content (AvgIpc) is 2.38. The van der Waals surface area contributed by atoms with Crippen molar-refractivity contribution in [2.45, 2.75) is 12.5 Å². The van der Waals surface area contributed by atoms with Crippen molar-refractivity contribution < 1.29 is 18.3 Å². The van der Waals surface area contributed by atoms with Crippen molar-refractivity contribution >= 4 is 0 Å². The number of rotatable bonds is 7. The fraction of sp³-hybridized carbons (Fsp3) is 0.500. The number of hydrogen-bond donors (Lipinski definition) is 2. The Balaban J connectivity index is 2.89. The van der Waals surface area contributed by atoms with Crippen molar-refractivity contribution in [1.29, 1.82) is 0 Å². The first-order chi connectivity index (χ1) is 8.60. The molecule has 0 saturated heterocycles. The van der Waals surface area contributed by atoms with Gasteiger partial charge < -0.3 is 20.5 Å². The van der Waals surface area contributed by atoms with Crippen molar-refractivity contribution in [1.82, 2.24) is 5.32 Å². The van der Waals surface area contributed by atoms with Gasteiger partial charge in [-0.1, -0.05) is 0 Å². The Morgan fingerprint density at radius 3 is 2.11 bits per heavy atom. The minimum absolute atomic E-state index is 0.211. The lowest BCUT2D eigenvalue weighted by molar-refractivity contribution is 0.141. The quantitative estimate of drug-likeness (QED) is 0.781. The van der Waals surface area contributed by atoms with Gasteiger partial charge in [-0.05, 0) is 17.7 Å². The summed E-state index contributed by atoms with van der Waals surface area (Å²) >= 11 is 0. The predicted molar refractivity (Wildman–Crippen MR) is 65.3 cm³/mol. The van der Waals surface area contributed by atoms with E-state index in [0.29, 0.717) is 11.5 Å². The number of methoxy groups -OCH3 is 2. The third-order valence-electron chi connectivity index (χ3n) is 2.53. The molecule has 1 rings (SSSR count). The van der Waals surface area contributed by atoms with E-state index in [0.717, 1.165) is 5.56 Å². The molecule has 0 aliphatic rings. The zero-order valence-electron chi connectivity index (χ0n) is 10.5. The van der Waals surface area contributed by atoms with E-state index in [1.54, 1.807) is 18.2 Å². The van der Waals surface area contributed by atoms with E-state index >= 15 is 0 Å². The molecule has 6 heteroatoms. The highest BCUT2D eigenvalue weighted by Crippen LogP contribution is 2.26. The summed E-state index contributed by atoms with van der Waals surface area (Å²) < 4.78 is 34.6. The van der Waals surface area contributed by atoms with Crippen LogP contribution in [0, 0.1) is 0 Å². The van der Waals surface area contributed by atoms with Gasteiger partial charge in [0, 0.05) is 18.7 Å².